The molecular weight excluding hydrogens is 521 g/mol. The molecule has 2 aromatic heterocycles. The van der Waals surface area contributed by atoms with Gasteiger partial charge in [-0.25, -0.2) is 14.5 Å². The number of hydrogen-bond donors (Lipinski definition) is 3. The fraction of sp³-hybridized carbons (Fsp3) is 0.435. The molecule has 1 amide bonds. The van der Waals surface area contributed by atoms with Crippen molar-refractivity contribution in [3.8, 4) is 0 Å². The minimum atomic E-state index is -0.604. The van der Waals surface area contributed by atoms with E-state index in [9.17, 15) is 9.59 Å². The number of amides is 1. The highest BCUT2D eigenvalue weighted by Gasteiger charge is 2.29. The lowest BCUT2D eigenvalue weighted by atomic mass is 10.2. The number of nitrogens with zero attached hydrogens (tertiary/aromatic N) is 6. The molecule has 1 fully saturated rings. The number of fused-ring (bicyclic) bond motifs is 1. The minimum Gasteiger partial charge on any atom is -0.444 e. The Hall–Kier alpha value is -3.51. The number of ether oxygens (including phenoxy) is 1. The SMILES string of the molecule is CC(Nc1nc(N)nc(N)c1Cl)c1nc2cccc(Cl)c2c(=O)n1N1CCN(C(=O)OC(C)(C)C)CC1. The van der Waals surface area contributed by atoms with Gasteiger partial charge in [0.25, 0.3) is 5.56 Å². The molecule has 1 saturated heterocycles. The Morgan fingerprint density at radius 1 is 1.11 bits per heavy atom. The molecule has 1 aliphatic rings. The zero-order valence-electron chi connectivity index (χ0n) is 21.0. The molecule has 0 saturated carbocycles. The van der Waals surface area contributed by atoms with Crippen LogP contribution < -0.4 is 27.4 Å². The van der Waals surface area contributed by atoms with Crippen molar-refractivity contribution in [2.75, 3.05) is 48.0 Å². The van der Waals surface area contributed by atoms with Gasteiger partial charge in [0.2, 0.25) is 5.95 Å². The van der Waals surface area contributed by atoms with Gasteiger partial charge in [-0.1, -0.05) is 29.3 Å². The number of carbonyl (C=O) groups is 1. The summed E-state index contributed by atoms with van der Waals surface area (Å²) < 4.78 is 6.98. The number of nitrogens with two attached hydrogens (primary N) is 2. The van der Waals surface area contributed by atoms with E-state index in [4.69, 9.17) is 44.4 Å². The predicted octanol–water partition coefficient (Wildman–Crippen LogP) is 3.02. The molecule has 0 spiro atoms. The minimum absolute atomic E-state index is 0.0257. The molecule has 198 valence electrons. The molecular formula is C23H29Cl2N9O3. The maximum Gasteiger partial charge on any atom is 0.410 e. The normalized spacial score (nSPS) is 15.1. The topological polar surface area (TPSA) is 158 Å². The zero-order valence-corrected chi connectivity index (χ0v) is 22.5. The molecule has 3 aromatic rings. The summed E-state index contributed by atoms with van der Waals surface area (Å²) in [6.45, 7) is 8.69. The van der Waals surface area contributed by atoms with Crippen LogP contribution in [0.5, 0.6) is 0 Å². The van der Waals surface area contributed by atoms with E-state index in [-0.39, 0.29) is 28.2 Å². The first-order valence-electron chi connectivity index (χ1n) is 11.6. The third-order valence-electron chi connectivity index (χ3n) is 5.68. The van der Waals surface area contributed by atoms with Crippen LogP contribution in [-0.4, -0.2) is 62.4 Å². The summed E-state index contributed by atoms with van der Waals surface area (Å²) in [5, 5.41) is 5.66. The van der Waals surface area contributed by atoms with Crippen molar-refractivity contribution < 1.29 is 9.53 Å². The standard InChI is InChI=1S/C23H29Cl2N9O3/c1-12(28-18-16(25)17(26)30-21(27)31-18)19-29-14-7-5-6-13(24)15(14)20(35)34(19)33-10-8-32(9-11-33)22(36)37-23(2,3)4/h5-7,12H,8-11H2,1-4H3,(H5,26,27,28,30,31). The van der Waals surface area contributed by atoms with E-state index < -0.39 is 17.7 Å². The van der Waals surface area contributed by atoms with Crippen LogP contribution in [0, 0.1) is 0 Å². The Bertz CT molecular complexity index is 1400. The second kappa shape index (κ2) is 10.1. The Balaban J connectivity index is 1.71. The first-order chi connectivity index (χ1) is 17.4. The Morgan fingerprint density at radius 2 is 1.78 bits per heavy atom. The summed E-state index contributed by atoms with van der Waals surface area (Å²) in [5.41, 5.74) is 11.1. The average molecular weight is 550 g/mol. The van der Waals surface area contributed by atoms with Gasteiger partial charge >= 0.3 is 6.09 Å². The molecule has 14 heteroatoms. The molecule has 12 nitrogen and oxygen atoms in total. The number of rotatable bonds is 4. The van der Waals surface area contributed by atoms with Gasteiger partial charge in [-0.15, -0.1) is 0 Å². The van der Waals surface area contributed by atoms with Crippen molar-refractivity contribution in [1.29, 1.82) is 0 Å². The monoisotopic (exact) mass is 549 g/mol. The molecule has 0 bridgehead atoms. The first-order valence-corrected chi connectivity index (χ1v) is 12.4. The predicted molar refractivity (Wildman–Crippen MR) is 145 cm³/mol. The molecule has 1 unspecified atom stereocenters. The number of carbonyl (C=O) groups excluding carboxylic acids is 1. The highest BCUT2D eigenvalue weighted by atomic mass is 35.5. The van der Waals surface area contributed by atoms with E-state index >= 15 is 0 Å². The summed E-state index contributed by atoms with van der Waals surface area (Å²) in [6.07, 6.45) is -0.400. The highest BCUT2D eigenvalue weighted by molar-refractivity contribution is 6.35. The molecule has 3 heterocycles. The van der Waals surface area contributed by atoms with Gasteiger partial charge in [-0.05, 0) is 39.8 Å². The van der Waals surface area contributed by atoms with Gasteiger partial charge in [-0.2, -0.15) is 9.97 Å². The molecule has 37 heavy (non-hydrogen) atoms. The second-order valence-electron chi connectivity index (χ2n) is 9.64. The van der Waals surface area contributed by atoms with E-state index in [1.165, 1.54) is 4.68 Å². The first kappa shape index (κ1) is 26.6. The van der Waals surface area contributed by atoms with Crippen molar-refractivity contribution in [1.82, 2.24) is 24.5 Å². The van der Waals surface area contributed by atoms with Crippen LogP contribution >= 0.6 is 23.2 Å². The Labute approximate surface area is 223 Å². The number of aromatic nitrogens is 4. The summed E-state index contributed by atoms with van der Waals surface area (Å²) in [7, 11) is 0. The zero-order chi connectivity index (χ0) is 27.1. The third-order valence-corrected chi connectivity index (χ3v) is 6.36. The van der Waals surface area contributed by atoms with Crippen molar-refractivity contribution >= 4 is 57.8 Å². The quantitative estimate of drug-likeness (QED) is 0.441. The lowest BCUT2D eigenvalue weighted by molar-refractivity contribution is 0.0231. The van der Waals surface area contributed by atoms with E-state index in [0.717, 1.165) is 0 Å². The summed E-state index contributed by atoms with van der Waals surface area (Å²) >= 11 is 12.7. The van der Waals surface area contributed by atoms with E-state index in [0.29, 0.717) is 47.9 Å². The molecule has 0 aliphatic carbocycles. The van der Waals surface area contributed by atoms with Crippen molar-refractivity contribution in [3.05, 3.63) is 44.4 Å². The largest absolute Gasteiger partial charge is 0.444 e. The Morgan fingerprint density at radius 3 is 2.43 bits per heavy atom. The summed E-state index contributed by atoms with van der Waals surface area (Å²) in [6, 6.07) is 4.53. The van der Waals surface area contributed by atoms with Crippen LogP contribution in [-0.2, 0) is 4.74 Å². The number of piperazine rings is 1. The van der Waals surface area contributed by atoms with Crippen molar-refractivity contribution in [3.63, 3.8) is 0 Å². The van der Waals surface area contributed by atoms with Crippen LogP contribution in [0.3, 0.4) is 0 Å². The molecule has 1 aliphatic heterocycles. The summed E-state index contributed by atoms with van der Waals surface area (Å²) in [4.78, 5) is 40.7. The number of halogens is 2. The molecule has 1 atom stereocenters. The van der Waals surface area contributed by atoms with Gasteiger partial charge in [0.05, 0.1) is 35.1 Å². The number of anilines is 3. The fourth-order valence-electron chi connectivity index (χ4n) is 4.00. The fourth-order valence-corrected chi connectivity index (χ4v) is 4.39. The van der Waals surface area contributed by atoms with E-state index in [2.05, 4.69) is 15.3 Å². The number of nitrogens with one attached hydrogen (secondary N) is 1. The molecule has 4 rings (SSSR count). The molecule has 0 radical (unpaired) electrons. The van der Waals surface area contributed by atoms with Crippen molar-refractivity contribution in [2.24, 2.45) is 0 Å². The van der Waals surface area contributed by atoms with Crippen LogP contribution in [0.2, 0.25) is 10.0 Å². The second-order valence-corrected chi connectivity index (χ2v) is 10.4. The van der Waals surface area contributed by atoms with Crippen LogP contribution in [0.15, 0.2) is 23.0 Å². The average Bonchev–Trinajstić information content (AvgIpc) is 2.81. The van der Waals surface area contributed by atoms with Crippen molar-refractivity contribution in [2.45, 2.75) is 39.3 Å². The lowest BCUT2D eigenvalue weighted by Gasteiger charge is -2.38. The van der Waals surface area contributed by atoms with Gasteiger partial charge < -0.3 is 31.4 Å². The molecule has 1 aromatic carbocycles. The summed E-state index contributed by atoms with van der Waals surface area (Å²) in [5.74, 6) is 0.571. The third kappa shape index (κ3) is 5.59. The lowest BCUT2D eigenvalue weighted by Crippen LogP contribution is -2.57. The highest BCUT2D eigenvalue weighted by Crippen LogP contribution is 2.29. The van der Waals surface area contributed by atoms with Crippen LogP contribution in [0.25, 0.3) is 10.9 Å². The van der Waals surface area contributed by atoms with Gasteiger partial charge in [-0.3, -0.25) is 4.79 Å². The maximum absolute atomic E-state index is 13.8. The van der Waals surface area contributed by atoms with Crippen LogP contribution in [0.4, 0.5) is 22.4 Å². The van der Waals surface area contributed by atoms with Gasteiger partial charge in [0.15, 0.2) is 11.6 Å². The van der Waals surface area contributed by atoms with Gasteiger partial charge in [0.1, 0.15) is 16.4 Å². The number of nitrogen functional groups attached to an aromatic ring is 2. The van der Waals surface area contributed by atoms with E-state index in [1.54, 1.807) is 30.0 Å². The smallest absolute Gasteiger partial charge is 0.410 e. The van der Waals surface area contributed by atoms with Crippen LogP contribution in [0.1, 0.15) is 39.6 Å². The Kier molecular flexibility index (Phi) is 7.24. The van der Waals surface area contributed by atoms with E-state index in [1.807, 2.05) is 25.8 Å². The maximum atomic E-state index is 13.8. The van der Waals surface area contributed by atoms with Gasteiger partial charge in [0, 0.05) is 13.1 Å². The number of benzene rings is 1. The molecule has 5 N–H and O–H groups in total. The number of hydrogen-bond acceptors (Lipinski definition) is 10.